The van der Waals surface area contributed by atoms with E-state index in [2.05, 4.69) is 34.0 Å². The standard InChI is InChI=1S/C6H14BFO14P4S/c7-6-1-4(20-24(12,13)18-3-8)5(19-6)2-17-26(16,27)22-25(14,15)21-23(9,10)11/h4-6H,1-3H2,(H,12,13)(H,14,15)(H,16,27)(H2,9,10,11)/p-4/t4-,5+,6+,26?/m0/s1. The first-order valence-electron chi connectivity index (χ1n) is 6.38. The van der Waals surface area contributed by atoms with Gasteiger partial charge in [-0.1, -0.05) is 11.8 Å². The van der Waals surface area contributed by atoms with Gasteiger partial charge in [0, 0.05) is 6.00 Å². The van der Waals surface area contributed by atoms with Crippen molar-refractivity contribution in [3.8, 4) is 0 Å². The highest BCUT2D eigenvalue weighted by atomic mass is 32.5. The zero-order chi connectivity index (χ0) is 21.1. The van der Waals surface area contributed by atoms with Gasteiger partial charge in [-0.05, 0) is 6.42 Å². The Kier molecular flexibility index (Phi) is 9.41. The van der Waals surface area contributed by atoms with Crippen LogP contribution in [0.3, 0.4) is 0 Å². The lowest BCUT2D eigenvalue weighted by molar-refractivity contribution is -0.244. The topological polar surface area (TPSA) is 219 Å². The maximum Gasteiger partial charge on any atom is 0.279 e. The predicted molar refractivity (Wildman–Crippen MR) is 78.4 cm³/mol. The Hall–Kier alpha value is 0.895. The molecule has 1 N–H and O–H groups in total. The molecule has 0 aromatic heterocycles. The maximum atomic E-state index is 12.0. The quantitative estimate of drug-likeness (QED) is 0.235. The van der Waals surface area contributed by atoms with E-state index in [4.69, 9.17) is 17.5 Å². The fourth-order valence-corrected chi connectivity index (χ4v) is 6.26. The van der Waals surface area contributed by atoms with E-state index in [0.717, 1.165) is 0 Å². The number of hydrogen-bond donors (Lipinski definition) is 1. The first-order chi connectivity index (χ1) is 12.0. The molecule has 1 aliphatic heterocycles. The SMILES string of the molecule is [B][C@H]1C[C@H](OP(=O)([O-])OCF)[C@@H](COP([O-])(=S)OP(=O)([O-])OP(=O)([O-])O)O1. The minimum atomic E-state index is -5.89. The summed E-state index contributed by atoms with van der Waals surface area (Å²) in [6.07, 6.45) is -3.05. The van der Waals surface area contributed by atoms with Crippen LogP contribution in [0.5, 0.6) is 0 Å². The zero-order valence-corrected chi connectivity index (χ0v) is 17.2. The second-order valence-electron chi connectivity index (χ2n) is 4.60. The third kappa shape index (κ3) is 10.5. The van der Waals surface area contributed by atoms with Gasteiger partial charge in [-0.15, -0.1) is 0 Å². The summed E-state index contributed by atoms with van der Waals surface area (Å²) >= 11 is 4.20. The van der Waals surface area contributed by atoms with Crippen LogP contribution in [-0.2, 0) is 52.4 Å². The molecule has 21 heteroatoms. The van der Waals surface area contributed by atoms with Gasteiger partial charge in [0.2, 0.25) is 0 Å². The van der Waals surface area contributed by atoms with E-state index in [1.54, 1.807) is 0 Å². The smallest absolute Gasteiger partial charge is 0.279 e. The number of phosphoric acid groups is 3. The van der Waals surface area contributed by atoms with Crippen molar-refractivity contribution in [2.75, 3.05) is 13.5 Å². The highest BCUT2D eigenvalue weighted by Gasteiger charge is 2.37. The number of phosphoric ester groups is 1. The second-order valence-corrected chi connectivity index (χ2v) is 11.6. The average molecular weight is 492 g/mol. The first-order valence-corrected chi connectivity index (χ1v) is 13.4. The molecule has 1 rings (SSSR count). The molecule has 1 aliphatic rings. The van der Waals surface area contributed by atoms with Crippen molar-refractivity contribution >= 4 is 49.8 Å². The minimum absolute atomic E-state index is 0.258. The van der Waals surface area contributed by atoms with Crippen molar-refractivity contribution in [3.05, 3.63) is 0 Å². The molecule has 27 heavy (non-hydrogen) atoms. The molecule has 1 fully saturated rings. The Morgan fingerprint density at radius 2 is 1.74 bits per heavy atom. The predicted octanol–water partition coefficient (Wildman–Crippen LogP) is -2.37. The zero-order valence-electron chi connectivity index (χ0n) is 12.8. The van der Waals surface area contributed by atoms with Crippen molar-refractivity contribution in [2.45, 2.75) is 24.6 Å². The van der Waals surface area contributed by atoms with Crippen LogP contribution in [0.2, 0.25) is 0 Å². The average Bonchev–Trinajstić information content (AvgIpc) is 2.71. The molecule has 158 valence electrons. The van der Waals surface area contributed by atoms with Gasteiger partial charge < -0.3 is 38.3 Å². The van der Waals surface area contributed by atoms with Gasteiger partial charge in [0.05, 0.1) is 12.7 Å². The van der Waals surface area contributed by atoms with Gasteiger partial charge in [-0.25, -0.2) is 8.70 Å². The Labute approximate surface area is 158 Å². The molecule has 0 amide bonds. The van der Waals surface area contributed by atoms with Crippen molar-refractivity contribution in [3.63, 3.8) is 0 Å². The summed E-state index contributed by atoms with van der Waals surface area (Å²) in [5.74, 6) is 0. The van der Waals surface area contributed by atoms with E-state index in [9.17, 15) is 37.7 Å². The highest BCUT2D eigenvalue weighted by Crippen LogP contribution is 2.61. The lowest BCUT2D eigenvalue weighted by Crippen LogP contribution is -2.30. The number of hydrogen-bond acceptors (Lipinski definition) is 14. The van der Waals surface area contributed by atoms with Crippen LogP contribution in [-0.4, -0.2) is 44.4 Å². The fourth-order valence-electron chi connectivity index (χ4n) is 1.71. The van der Waals surface area contributed by atoms with Gasteiger partial charge in [0.15, 0.2) is 6.86 Å². The number of alkyl halides is 1. The summed E-state index contributed by atoms with van der Waals surface area (Å²) in [6, 6.07) is -1.09. The third-order valence-electron chi connectivity index (χ3n) is 2.50. The van der Waals surface area contributed by atoms with Crippen LogP contribution in [0.4, 0.5) is 4.39 Å². The molecule has 0 saturated carbocycles. The molecular weight excluding hydrogens is 482 g/mol. The van der Waals surface area contributed by atoms with Gasteiger partial charge >= 0.3 is 0 Å². The maximum absolute atomic E-state index is 12.0. The summed E-state index contributed by atoms with van der Waals surface area (Å²) in [5, 5.41) is 0. The molecule has 1 saturated heterocycles. The monoisotopic (exact) mass is 492 g/mol. The van der Waals surface area contributed by atoms with Crippen molar-refractivity contribution < 1.29 is 69.5 Å². The summed E-state index contributed by atoms with van der Waals surface area (Å²) in [4.78, 5) is 52.9. The largest absolute Gasteiger partial charge is 0.779 e. The van der Waals surface area contributed by atoms with Crippen LogP contribution in [0.1, 0.15) is 6.42 Å². The molecule has 2 radical (unpaired) electrons. The van der Waals surface area contributed by atoms with E-state index < -0.39 is 61.9 Å². The van der Waals surface area contributed by atoms with Crippen LogP contribution >= 0.6 is 30.2 Å². The third-order valence-corrected chi connectivity index (χ3v) is 8.05. The molecule has 0 spiro atoms. The molecule has 0 aromatic rings. The van der Waals surface area contributed by atoms with E-state index in [0.29, 0.717) is 0 Å². The molecule has 14 nitrogen and oxygen atoms in total. The molecule has 7 atom stereocenters. The van der Waals surface area contributed by atoms with Crippen LogP contribution in [0, 0.1) is 0 Å². The number of halogens is 1. The molecular formula is C6H10BFO14P4S-4. The highest BCUT2D eigenvalue weighted by molar-refractivity contribution is 8.07. The molecule has 4 unspecified atom stereocenters. The lowest BCUT2D eigenvalue weighted by atomic mass is 9.96. The summed E-state index contributed by atoms with van der Waals surface area (Å²) in [6.45, 7) is -7.57. The van der Waals surface area contributed by atoms with Crippen molar-refractivity contribution in [2.24, 2.45) is 0 Å². The summed E-state index contributed by atoms with van der Waals surface area (Å²) in [5.41, 5.74) is 0. The van der Waals surface area contributed by atoms with Crippen LogP contribution in [0.25, 0.3) is 0 Å². The van der Waals surface area contributed by atoms with Crippen LogP contribution < -0.4 is 19.6 Å². The molecule has 0 aliphatic carbocycles. The number of ether oxygens (including phenoxy) is 1. The van der Waals surface area contributed by atoms with Gasteiger partial charge in [-0.2, -0.15) is 0 Å². The van der Waals surface area contributed by atoms with E-state index >= 15 is 0 Å². The Morgan fingerprint density at radius 1 is 1.15 bits per heavy atom. The molecule has 0 aromatic carbocycles. The van der Waals surface area contributed by atoms with Crippen LogP contribution in [0.15, 0.2) is 0 Å². The summed E-state index contributed by atoms with van der Waals surface area (Å²) < 4.78 is 69.4. The lowest BCUT2D eigenvalue weighted by Gasteiger charge is -2.36. The second kappa shape index (κ2) is 9.80. The normalized spacial score (nSPS) is 32.1. The van der Waals surface area contributed by atoms with E-state index in [-0.39, 0.29) is 6.42 Å². The van der Waals surface area contributed by atoms with Gasteiger partial charge in [0.1, 0.15) is 20.7 Å². The van der Waals surface area contributed by atoms with Crippen molar-refractivity contribution in [1.82, 2.24) is 0 Å². The Bertz CT molecular complexity index is 701. The fraction of sp³-hybridized carbons (Fsp3) is 1.00. The molecule has 1 heterocycles. The van der Waals surface area contributed by atoms with E-state index in [1.165, 1.54) is 0 Å². The summed E-state index contributed by atoms with van der Waals surface area (Å²) in [7, 11) is -11.4. The Balaban J connectivity index is 2.70. The minimum Gasteiger partial charge on any atom is -0.779 e. The van der Waals surface area contributed by atoms with Gasteiger partial charge in [0.25, 0.3) is 23.5 Å². The number of rotatable bonds is 11. The van der Waals surface area contributed by atoms with Crippen molar-refractivity contribution in [1.29, 1.82) is 0 Å². The first kappa shape index (κ1) is 25.9. The van der Waals surface area contributed by atoms with E-state index in [1.807, 2.05) is 0 Å². The van der Waals surface area contributed by atoms with Gasteiger partial charge in [-0.3, -0.25) is 22.5 Å². The molecule has 0 bridgehead atoms. The Morgan fingerprint density at radius 3 is 2.26 bits per heavy atom.